The molecule has 0 unspecified atom stereocenters. The molecular weight excluding hydrogens is 336 g/mol. The first-order valence-corrected chi connectivity index (χ1v) is 9.20. The van der Waals surface area contributed by atoms with Crippen molar-refractivity contribution in [2.24, 2.45) is 0 Å². The normalized spacial score (nSPS) is 22.4. The molecule has 1 atom stereocenters. The molecule has 0 spiro atoms. The van der Waals surface area contributed by atoms with E-state index in [4.69, 9.17) is 4.74 Å². The highest BCUT2D eigenvalue weighted by Gasteiger charge is 2.59. The molecule has 4 rings (SSSR count). The Labute approximate surface area is 160 Å². The molecule has 0 aliphatic carbocycles. The molecule has 2 aromatic carbocycles. The maximum absolute atomic E-state index is 12.4. The molecule has 0 saturated carbocycles. The fourth-order valence-electron chi connectivity index (χ4n) is 4.25. The Hall–Kier alpha value is -3.01. The summed E-state index contributed by atoms with van der Waals surface area (Å²) in [5.74, 6) is 0.840. The molecule has 1 N–H and O–H groups in total. The van der Waals surface area contributed by atoms with Crippen molar-refractivity contribution in [3.8, 4) is 5.75 Å². The molecule has 0 radical (unpaired) electrons. The topological polar surface area (TPSA) is 41.6 Å². The second kappa shape index (κ2) is 6.31. The van der Waals surface area contributed by atoms with Crippen molar-refractivity contribution in [2.75, 3.05) is 18.1 Å². The van der Waals surface area contributed by atoms with Crippen LogP contribution in [-0.2, 0) is 10.2 Å². The lowest BCUT2D eigenvalue weighted by Gasteiger charge is -2.40. The minimum atomic E-state index is -0.598. The van der Waals surface area contributed by atoms with Gasteiger partial charge in [-0.15, -0.1) is 0 Å². The van der Waals surface area contributed by atoms with E-state index in [0.29, 0.717) is 13.2 Å². The van der Waals surface area contributed by atoms with Crippen molar-refractivity contribution in [2.45, 2.75) is 24.9 Å². The van der Waals surface area contributed by atoms with Crippen LogP contribution in [0.1, 0.15) is 25.0 Å². The molecule has 1 amide bonds. The summed E-state index contributed by atoms with van der Waals surface area (Å²) in [5, 5.41) is 3.24. The van der Waals surface area contributed by atoms with Crippen LogP contribution < -0.4 is 15.0 Å². The van der Waals surface area contributed by atoms with Crippen LogP contribution in [0, 0.1) is 0 Å². The third kappa shape index (κ3) is 2.55. The van der Waals surface area contributed by atoms with E-state index >= 15 is 0 Å². The van der Waals surface area contributed by atoms with Crippen LogP contribution >= 0.6 is 0 Å². The number of hydrogen-bond acceptors (Lipinski definition) is 3. The second-order valence-electron chi connectivity index (χ2n) is 7.51. The zero-order valence-electron chi connectivity index (χ0n) is 15.7. The van der Waals surface area contributed by atoms with E-state index in [1.165, 1.54) is 5.56 Å². The number of para-hydroxylation sites is 2. The summed E-state index contributed by atoms with van der Waals surface area (Å²) in [4.78, 5) is 14.5. The first kappa shape index (κ1) is 17.4. The van der Waals surface area contributed by atoms with Gasteiger partial charge in [0.1, 0.15) is 18.0 Å². The molecule has 27 heavy (non-hydrogen) atoms. The molecule has 2 heterocycles. The highest BCUT2D eigenvalue weighted by atomic mass is 16.5. The molecule has 1 fully saturated rings. The van der Waals surface area contributed by atoms with Gasteiger partial charge >= 0.3 is 0 Å². The van der Waals surface area contributed by atoms with Gasteiger partial charge in [-0.2, -0.15) is 0 Å². The van der Waals surface area contributed by atoms with Gasteiger partial charge in [-0.25, -0.2) is 0 Å². The zero-order valence-corrected chi connectivity index (χ0v) is 15.7. The van der Waals surface area contributed by atoms with E-state index in [2.05, 4.69) is 54.9 Å². The number of carbonyl (C=O) groups is 1. The Balaban J connectivity index is 1.78. The van der Waals surface area contributed by atoms with Gasteiger partial charge in [-0.3, -0.25) is 4.79 Å². The van der Waals surface area contributed by atoms with Crippen molar-refractivity contribution in [3.63, 3.8) is 0 Å². The Morgan fingerprint density at radius 3 is 2.74 bits per heavy atom. The smallest absolute Gasteiger partial charge is 0.241 e. The molecule has 2 aromatic rings. The number of hydrogen-bond donors (Lipinski definition) is 1. The van der Waals surface area contributed by atoms with Gasteiger partial charge < -0.3 is 15.0 Å². The highest BCUT2D eigenvalue weighted by Crippen LogP contribution is 2.52. The third-order valence-electron chi connectivity index (χ3n) is 5.66. The molecule has 4 nitrogen and oxygen atoms in total. The van der Waals surface area contributed by atoms with Crippen LogP contribution in [0.15, 0.2) is 67.3 Å². The van der Waals surface area contributed by atoms with Gasteiger partial charge in [-0.05, 0) is 23.8 Å². The molecule has 138 valence electrons. The SMILES string of the molecule is C=CCOc1ccccc1C=C[C@@]12NC(=O)CN1c1ccccc1C2(C)C. The van der Waals surface area contributed by atoms with Crippen LogP contribution in [0.2, 0.25) is 0 Å². The van der Waals surface area contributed by atoms with Crippen molar-refractivity contribution < 1.29 is 9.53 Å². The monoisotopic (exact) mass is 360 g/mol. The summed E-state index contributed by atoms with van der Waals surface area (Å²) in [5.41, 5.74) is 2.46. The van der Waals surface area contributed by atoms with Gasteiger partial charge in [0.2, 0.25) is 5.91 Å². The summed E-state index contributed by atoms with van der Waals surface area (Å²) in [6.45, 7) is 8.89. The molecule has 2 aliphatic heterocycles. The van der Waals surface area contributed by atoms with E-state index in [1.807, 2.05) is 36.4 Å². The van der Waals surface area contributed by atoms with Gasteiger partial charge in [-0.1, -0.05) is 69.0 Å². The molecule has 0 bridgehead atoms. The van der Waals surface area contributed by atoms with E-state index in [0.717, 1.165) is 17.0 Å². The lowest BCUT2D eigenvalue weighted by molar-refractivity contribution is -0.118. The minimum absolute atomic E-state index is 0.0402. The van der Waals surface area contributed by atoms with Crippen LogP contribution in [0.3, 0.4) is 0 Å². The quantitative estimate of drug-likeness (QED) is 0.823. The summed E-state index contributed by atoms with van der Waals surface area (Å²) in [6.07, 6.45) is 5.88. The standard InChI is InChI=1S/C23H24N2O2/c1-4-15-27-20-12-8-5-9-17(20)13-14-23-22(2,3)18-10-6-7-11-19(18)25(23)16-21(26)24-23/h4-14H,1,15-16H2,2-3H3,(H,24,26)/t23-/m1/s1. The highest BCUT2D eigenvalue weighted by molar-refractivity contribution is 5.91. The number of carbonyl (C=O) groups excluding carboxylic acids is 1. The average Bonchev–Trinajstić information content (AvgIpc) is 3.10. The van der Waals surface area contributed by atoms with E-state index in [9.17, 15) is 4.79 Å². The lowest BCUT2D eigenvalue weighted by atomic mass is 9.75. The maximum Gasteiger partial charge on any atom is 0.241 e. The Morgan fingerprint density at radius 1 is 1.19 bits per heavy atom. The number of nitrogens with one attached hydrogen (secondary N) is 1. The van der Waals surface area contributed by atoms with Crippen LogP contribution in [0.25, 0.3) is 6.08 Å². The van der Waals surface area contributed by atoms with Crippen molar-refractivity contribution >= 4 is 17.7 Å². The number of anilines is 1. The van der Waals surface area contributed by atoms with Crippen molar-refractivity contribution in [3.05, 3.63) is 78.4 Å². The molecule has 4 heteroatoms. The van der Waals surface area contributed by atoms with E-state index in [-0.39, 0.29) is 11.3 Å². The molecule has 0 aromatic heterocycles. The second-order valence-corrected chi connectivity index (χ2v) is 7.51. The van der Waals surface area contributed by atoms with E-state index in [1.54, 1.807) is 6.08 Å². The van der Waals surface area contributed by atoms with Crippen LogP contribution in [0.5, 0.6) is 5.75 Å². The Kier molecular flexibility index (Phi) is 4.06. The van der Waals surface area contributed by atoms with Gasteiger partial charge in [0.25, 0.3) is 0 Å². The van der Waals surface area contributed by atoms with Crippen molar-refractivity contribution in [1.82, 2.24) is 5.32 Å². The minimum Gasteiger partial charge on any atom is -0.489 e. The largest absolute Gasteiger partial charge is 0.489 e. The van der Waals surface area contributed by atoms with Gasteiger partial charge in [0, 0.05) is 16.7 Å². The third-order valence-corrected chi connectivity index (χ3v) is 5.66. The predicted octanol–water partition coefficient (Wildman–Crippen LogP) is 3.89. The maximum atomic E-state index is 12.4. The van der Waals surface area contributed by atoms with Gasteiger partial charge in [0.05, 0.1) is 6.54 Å². The summed E-state index contributed by atoms with van der Waals surface area (Å²) in [7, 11) is 0. The number of fused-ring (bicyclic) bond motifs is 3. The van der Waals surface area contributed by atoms with E-state index < -0.39 is 5.66 Å². The summed E-state index contributed by atoms with van der Waals surface area (Å²) < 4.78 is 5.78. The fourth-order valence-corrected chi connectivity index (χ4v) is 4.25. The summed E-state index contributed by atoms with van der Waals surface area (Å²) >= 11 is 0. The first-order chi connectivity index (χ1) is 13.0. The number of ether oxygens (including phenoxy) is 1. The lowest BCUT2D eigenvalue weighted by Crippen LogP contribution is -2.58. The molecule has 1 saturated heterocycles. The molecular formula is C23H24N2O2. The number of rotatable bonds is 5. The van der Waals surface area contributed by atoms with Crippen LogP contribution in [-0.4, -0.2) is 24.7 Å². The predicted molar refractivity (Wildman–Crippen MR) is 109 cm³/mol. The zero-order chi connectivity index (χ0) is 19.1. The average molecular weight is 360 g/mol. The molecule has 2 aliphatic rings. The first-order valence-electron chi connectivity index (χ1n) is 9.20. The fraction of sp³-hybridized carbons (Fsp3) is 0.261. The van der Waals surface area contributed by atoms with Crippen LogP contribution in [0.4, 0.5) is 5.69 Å². The number of amides is 1. The Bertz CT molecular complexity index is 931. The Morgan fingerprint density at radius 2 is 1.93 bits per heavy atom. The number of benzene rings is 2. The van der Waals surface area contributed by atoms with Crippen molar-refractivity contribution in [1.29, 1.82) is 0 Å². The number of nitrogens with zero attached hydrogens (tertiary/aromatic N) is 1. The summed E-state index contributed by atoms with van der Waals surface area (Å²) in [6, 6.07) is 16.2. The van der Waals surface area contributed by atoms with Gasteiger partial charge in [0.15, 0.2) is 0 Å².